The van der Waals surface area contributed by atoms with E-state index in [9.17, 15) is 0 Å². The molecule has 0 aromatic carbocycles. The van der Waals surface area contributed by atoms with Gasteiger partial charge in [-0.25, -0.2) is 0 Å². The molecule has 0 spiro atoms. The van der Waals surface area contributed by atoms with Crippen LogP contribution in [-0.4, -0.2) is 49.8 Å². The molecule has 0 bridgehead atoms. The lowest BCUT2D eigenvalue weighted by Gasteiger charge is -2.42. The molecule has 112 valence electrons. The summed E-state index contributed by atoms with van der Waals surface area (Å²) in [5.74, 6) is 0.870. The molecule has 0 radical (unpaired) electrons. The first kappa shape index (κ1) is 15.3. The van der Waals surface area contributed by atoms with Crippen LogP contribution in [0.1, 0.15) is 52.4 Å². The lowest BCUT2D eigenvalue weighted by molar-refractivity contribution is -0.0161. The Balaban J connectivity index is 1.87. The van der Waals surface area contributed by atoms with Gasteiger partial charge in [0.1, 0.15) is 0 Å². The summed E-state index contributed by atoms with van der Waals surface area (Å²) >= 11 is 0. The smallest absolute Gasteiger partial charge is 0.0702 e. The second-order valence-corrected chi connectivity index (χ2v) is 6.58. The number of nitrogens with one attached hydrogen (secondary N) is 1. The summed E-state index contributed by atoms with van der Waals surface area (Å²) in [6.45, 7) is 7.79. The number of nitrogens with zero attached hydrogens (tertiary/aromatic N) is 1. The van der Waals surface area contributed by atoms with Gasteiger partial charge in [-0.05, 0) is 58.0 Å². The maximum atomic E-state index is 5.90. The Morgan fingerprint density at radius 1 is 1.21 bits per heavy atom. The fourth-order valence-corrected chi connectivity index (χ4v) is 3.75. The summed E-state index contributed by atoms with van der Waals surface area (Å²) < 4.78 is 5.90. The third kappa shape index (κ3) is 4.44. The van der Waals surface area contributed by atoms with E-state index >= 15 is 0 Å². The molecule has 1 aliphatic carbocycles. The number of hydrogen-bond acceptors (Lipinski definition) is 3. The van der Waals surface area contributed by atoms with Gasteiger partial charge in [0.15, 0.2) is 0 Å². The Bertz CT molecular complexity index is 253. The summed E-state index contributed by atoms with van der Waals surface area (Å²) in [6, 6.07) is 1.36. The molecule has 1 N–H and O–H groups in total. The molecule has 1 saturated heterocycles. The lowest BCUT2D eigenvalue weighted by Crippen LogP contribution is -2.53. The van der Waals surface area contributed by atoms with Gasteiger partial charge in [0.05, 0.1) is 6.10 Å². The van der Waals surface area contributed by atoms with Crippen molar-refractivity contribution >= 4 is 0 Å². The molecule has 0 amide bonds. The summed E-state index contributed by atoms with van der Waals surface area (Å²) in [7, 11) is 2.30. The van der Waals surface area contributed by atoms with E-state index in [1.807, 2.05) is 0 Å². The van der Waals surface area contributed by atoms with Gasteiger partial charge in [-0.1, -0.05) is 13.8 Å². The van der Waals surface area contributed by atoms with Crippen molar-refractivity contribution in [2.75, 3.05) is 26.7 Å². The summed E-state index contributed by atoms with van der Waals surface area (Å²) in [5, 5.41) is 3.69. The first-order chi connectivity index (χ1) is 9.20. The zero-order valence-corrected chi connectivity index (χ0v) is 13.0. The largest absolute Gasteiger partial charge is 0.377 e. The van der Waals surface area contributed by atoms with Crippen molar-refractivity contribution in [3.63, 3.8) is 0 Å². The van der Waals surface area contributed by atoms with Crippen LogP contribution in [0.25, 0.3) is 0 Å². The van der Waals surface area contributed by atoms with E-state index in [0.717, 1.165) is 25.6 Å². The average Bonchev–Trinajstić information content (AvgIpc) is 2.42. The number of hydrogen-bond donors (Lipinski definition) is 1. The van der Waals surface area contributed by atoms with E-state index in [0.29, 0.717) is 18.2 Å². The molecule has 4 unspecified atom stereocenters. The number of ether oxygens (including phenoxy) is 1. The van der Waals surface area contributed by atoms with Crippen LogP contribution >= 0.6 is 0 Å². The van der Waals surface area contributed by atoms with E-state index in [4.69, 9.17) is 4.74 Å². The molecular weight excluding hydrogens is 236 g/mol. The monoisotopic (exact) mass is 268 g/mol. The first-order valence-electron chi connectivity index (χ1n) is 8.26. The number of rotatable bonds is 5. The molecule has 0 aromatic heterocycles. The Morgan fingerprint density at radius 3 is 2.74 bits per heavy atom. The first-order valence-corrected chi connectivity index (χ1v) is 8.26. The van der Waals surface area contributed by atoms with Crippen LogP contribution in [0.3, 0.4) is 0 Å². The van der Waals surface area contributed by atoms with Crippen LogP contribution in [0, 0.1) is 5.92 Å². The Morgan fingerprint density at radius 2 is 2.05 bits per heavy atom. The van der Waals surface area contributed by atoms with Gasteiger partial charge < -0.3 is 10.1 Å². The maximum absolute atomic E-state index is 5.90. The average molecular weight is 268 g/mol. The highest BCUT2D eigenvalue weighted by atomic mass is 16.5. The highest BCUT2D eigenvalue weighted by Crippen LogP contribution is 2.28. The Kier molecular flexibility index (Phi) is 6.11. The minimum atomic E-state index is 0.471. The molecule has 19 heavy (non-hydrogen) atoms. The van der Waals surface area contributed by atoms with Gasteiger partial charge in [0.25, 0.3) is 0 Å². The molecule has 0 aromatic rings. The third-order valence-corrected chi connectivity index (χ3v) is 4.88. The normalized spacial score (nSPS) is 36.6. The van der Waals surface area contributed by atoms with Gasteiger partial charge in [-0.15, -0.1) is 0 Å². The van der Waals surface area contributed by atoms with E-state index in [1.165, 1.54) is 38.5 Å². The molecule has 4 atom stereocenters. The minimum Gasteiger partial charge on any atom is -0.377 e. The molecule has 3 heteroatoms. The molecule has 3 nitrogen and oxygen atoms in total. The molecule has 1 heterocycles. The molecule has 1 aliphatic heterocycles. The van der Waals surface area contributed by atoms with Crippen molar-refractivity contribution in [2.24, 2.45) is 5.92 Å². The second kappa shape index (κ2) is 7.61. The standard InChI is InChI=1S/C16H32N2O/c1-4-17-15-9-8-13(2)11-16(15)18(3)12-14-7-5-6-10-19-14/h13-17H,4-12H2,1-3H3. The highest BCUT2D eigenvalue weighted by Gasteiger charge is 2.32. The molecule has 2 aliphatic rings. The summed E-state index contributed by atoms with van der Waals surface area (Å²) in [6.07, 6.45) is 8.35. The summed E-state index contributed by atoms with van der Waals surface area (Å²) in [4.78, 5) is 2.57. The summed E-state index contributed by atoms with van der Waals surface area (Å²) in [5.41, 5.74) is 0. The van der Waals surface area contributed by atoms with Crippen LogP contribution in [0.5, 0.6) is 0 Å². The maximum Gasteiger partial charge on any atom is 0.0702 e. The zero-order chi connectivity index (χ0) is 13.7. The second-order valence-electron chi connectivity index (χ2n) is 6.58. The topological polar surface area (TPSA) is 24.5 Å². The van der Waals surface area contributed by atoms with E-state index in [2.05, 4.69) is 31.1 Å². The van der Waals surface area contributed by atoms with E-state index in [-0.39, 0.29) is 0 Å². The minimum absolute atomic E-state index is 0.471. The Labute approximate surface area is 119 Å². The van der Waals surface area contributed by atoms with Crippen molar-refractivity contribution in [3.05, 3.63) is 0 Å². The fourth-order valence-electron chi connectivity index (χ4n) is 3.75. The van der Waals surface area contributed by atoms with Gasteiger partial charge in [0.2, 0.25) is 0 Å². The fraction of sp³-hybridized carbons (Fsp3) is 1.00. The van der Waals surface area contributed by atoms with Crippen LogP contribution < -0.4 is 5.32 Å². The zero-order valence-electron chi connectivity index (χ0n) is 13.0. The number of likely N-dealkylation sites (N-methyl/N-ethyl adjacent to an activating group) is 2. The van der Waals surface area contributed by atoms with Crippen LogP contribution in [0.15, 0.2) is 0 Å². The van der Waals surface area contributed by atoms with Gasteiger partial charge >= 0.3 is 0 Å². The molecule has 2 fully saturated rings. The third-order valence-electron chi connectivity index (χ3n) is 4.88. The quantitative estimate of drug-likeness (QED) is 0.829. The van der Waals surface area contributed by atoms with E-state index < -0.39 is 0 Å². The van der Waals surface area contributed by atoms with Crippen molar-refractivity contribution in [1.29, 1.82) is 0 Å². The molecule has 1 saturated carbocycles. The predicted octanol–water partition coefficient (Wildman–Crippen LogP) is 2.65. The van der Waals surface area contributed by atoms with Crippen molar-refractivity contribution in [1.82, 2.24) is 10.2 Å². The molecular formula is C16H32N2O. The van der Waals surface area contributed by atoms with Crippen LogP contribution in [-0.2, 0) is 4.74 Å². The van der Waals surface area contributed by atoms with Crippen molar-refractivity contribution < 1.29 is 4.74 Å². The van der Waals surface area contributed by atoms with Gasteiger partial charge in [0, 0.05) is 25.2 Å². The van der Waals surface area contributed by atoms with Crippen molar-refractivity contribution in [2.45, 2.75) is 70.6 Å². The van der Waals surface area contributed by atoms with Crippen LogP contribution in [0.4, 0.5) is 0 Å². The van der Waals surface area contributed by atoms with Crippen molar-refractivity contribution in [3.8, 4) is 0 Å². The molecule has 2 rings (SSSR count). The Hall–Kier alpha value is -0.120. The predicted molar refractivity (Wildman–Crippen MR) is 80.5 cm³/mol. The van der Waals surface area contributed by atoms with E-state index in [1.54, 1.807) is 0 Å². The highest BCUT2D eigenvalue weighted by molar-refractivity contribution is 4.90. The van der Waals surface area contributed by atoms with Gasteiger partial charge in [-0.2, -0.15) is 0 Å². The SMILES string of the molecule is CCNC1CCC(C)CC1N(C)CC1CCCCO1. The van der Waals surface area contributed by atoms with Crippen LogP contribution in [0.2, 0.25) is 0 Å². The lowest BCUT2D eigenvalue weighted by atomic mass is 9.82. The van der Waals surface area contributed by atoms with Gasteiger partial charge in [-0.3, -0.25) is 4.90 Å².